The van der Waals surface area contributed by atoms with Gasteiger partial charge in [-0.25, -0.2) is 17.2 Å². The van der Waals surface area contributed by atoms with Crippen LogP contribution >= 0.6 is 0 Å². The summed E-state index contributed by atoms with van der Waals surface area (Å²) >= 11 is 0. The Labute approximate surface area is 203 Å². The second kappa shape index (κ2) is 10.4. The van der Waals surface area contributed by atoms with E-state index in [1.165, 1.54) is 4.31 Å². The van der Waals surface area contributed by atoms with Gasteiger partial charge in [0.15, 0.2) is 0 Å². The van der Waals surface area contributed by atoms with Crippen molar-refractivity contribution in [2.75, 3.05) is 26.3 Å². The summed E-state index contributed by atoms with van der Waals surface area (Å²) in [5, 5.41) is 10.5. The van der Waals surface area contributed by atoms with Gasteiger partial charge in [0.2, 0.25) is 15.9 Å². The Morgan fingerprint density at radius 3 is 2.57 bits per heavy atom. The number of ether oxygens (including phenoxy) is 1. The van der Waals surface area contributed by atoms with E-state index in [9.17, 15) is 13.2 Å². The van der Waals surface area contributed by atoms with E-state index >= 15 is 8.78 Å². The summed E-state index contributed by atoms with van der Waals surface area (Å²) in [5.74, 6) is -2.13. The zero-order valence-corrected chi connectivity index (χ0v) is 20.0. The van der Waals surface area contributed by atoms with Crippen molar-refractivity contribution in [2.45, 2.75) is 42.9 Å². The summed E-state index contributed by atoms with van der Waals surface area (Å²) < 4.78 is 63.8. The van der Waals surface area contributed by atoms with Gasteiger partial charge in [-0.1, -0.05) is 30.3 Å². The van der Waals surface area contributed by atoms with Crippen LogP contribution in [0.1, 0.15) is 47.6 Å². The molecule has 1 atom stereocenters. The predicted octanol–water partition coefficient (Wildman–Crippen LogP) is 3.32. The van der Waals surface area contributed by atoms with Crippen molar-refractivity contribution in [3.63, 3.8) is 0 Å². The molecule has 0 aromatic heterocycles. The fraction of sp³-hybridized carbons (Fsp3) is 0.440. The molecule has 1 N–H and O–H groups in total. The molecule has 0 radical (unpaired) electrons. The first kappa shape index (κ1) is 25.2. The van der Waals surface area contributed by atoms with E-state index in [1.54, 1.807) is 24.3 Å². The Kier molecular flexibility index (Phi) is 7.50. The van der Waals surface area contributed by atoms with E-state index in [1.807, 2.05) is 12.1 Å². The summed E-state index contributed by atoms with van der Waals surface area (Å²) in [6.45, 7) is 0.0438. The van der Waals surface area contributed by atoms with Gasteiger partial charge in [0.25, 0.3) is 0 Å². The normalized spacial score (nSPS) is 21.7. The number of sulfonamides is 1. The van der Waals surface area contributed by atoms with Gasteiger partial charge < -0.3 is 10.1 Å². The molecule has 4 rings (SSSR count). The molecule has 0 saturated carbocycles. The second-order valence-electron chi connectivity index (χ2n) is 8.88. The van der Waals surface area contributed by atoms with Crippen LogP contribution in [0.25, 0.3) is 0 Å². The minimum Gasteiger partial charge on any atom is -0.381 e. The summed E-state index contributed by atoms with van der Waals surface area (Å²) in [6.07, 6.45) is 1.34. The topological polar surface area (TPSA) is 99.5 Å². The number of hydrogen-bond acceptors (Lipinski definition) is 5. The van der Waals surface area contributed by atoms with Gasteiger partial charge in [-0.05, 0) is 43.4 Å². The summed E-state index contributed by atoms with van der Waals surface area (Å²) in [6, 6.07) is 12.7. The number of amides is 1. The number of rotatable bonds is 6. The van der Waals surface area contributed by atoms with Crippen LogP contribution in [-0.2, 0) is 31.5 Å². The molecule has 2 heterocycles. The predicted molar refractivity (Wildman–Crippen MR) is 124 cm³/mol. The third-order valence-electron chi connectivity index (χ3n) is 6.87. The number of nitriles is 1. The monoisotopic (exact) mass is 503 g/mol. The number of benzene rings is 2. The number of nitrogens with zero attached hydrogens (tertiary/aromatic N) is 2. The zero-order chi connectivity index (χ0) is 25.1. The quantitative estimate of drug-likeness (QED) is 0.610. The maximum absolute atomic E-state index is 15.4. The van der Waals surface area contributed by atoms with Gasteiger partial charge in [-0.3, -0.25) is 4.79 Å². The Hall–Kier alpha value is -2.87. The van der Waals surface area contributed by atoms with E-state index in [0.29, 0.717) is 18.4 Å². The smallest absolute Gasteiger partial charge is 0.231 e. The number of carbonyl (C=O) groups excluding carboxylic acids is 1. The van der Waals surface area contributed by atoms with E-state index in [-0.39, 0.29) is 56.8 Å². The lowest BCUT2D eigenvalue weighted by Gasteiger charge is -2.36. The summed E-state index contributed by atoms with van der Waals surface area (Å²) in [5.41, 5.74) is -0.901. The van der Waals surface area contributed by atoms with E-state index in [4.69, 9.17) is 10.00 Å². The van der Waals surface area contributed by atoms with E-state index in [2.05, 4.69) is 5.32 Å². The first-order valence-electron chi connectivity index (χ1n) is 11.5. The Morgan fingerprint density at radius 1 is 1.17 bits per heavy atom. The number of carbonyl (C=O) groups is 1. The van der Waals surface area contributed by atoms with Gasteiger partial charge in [0.05, 0.1) is 11.5 Å². The average molecular weight is 504 g/mol. The first-order chi connectivity index (χ1) is 16.8. The van der Waals surface area contributed by atoms with E-state index in [0.717, 1.165) is 12.1 Å². The van der Waals surface area contributed by atoms with Crippen LogP contribution in [0.15, 0.2) is 42.5 Å². The molecule has 0 bridgehead atoms. The molecular weight excluding hydrogens is 476 g/mol. The van der Waals surface area contributed by atoms with Gasteiger partial charge in [-0.2, -0.15) is 9.57 Å². The van der Waals surface area contributed by atoms with Crippen LogP contribution in [0, 0.1) is 23.0 Å². The highest BCUT2D eigenvalue weighted by atomic mass is 32.2. The molecule has 2 aliphatic rings. The zero-order valence-electron chi connectivity index (χ0n) is 19.2. The average Bonchev–Trinajstić information content (AvgIpc) is 2.86. The molecule has 186 valence electrons. The lowest BCUT2D eigenvalue weighted by molar-refractivity contribution is -0.130. The molecule has 2 fully saturated rings. The molecule has 10 heteroatoms. The first-order valence-corrected chi connectivity index (χ1v) is 13.1. The third kappa shape index (κ3) is 4.94. The third-order valence-corrected chi connectivity index (χ3v) is 9.13. The molecule has 0 aliphatic carbocycles. The molecule has 2 aliphatic heterocycles. The van der Waals surface area contributed by atoms with Gasteiger partial charge in [0.1, 0.15) is 23.4 Å². The molecule has 2 aromatic rings. The molecule has 2 aromatic carbocycles. The van der Waals surface area contributed by atoms with Crippen LogP contribution in [0.2, 0.25) is 0 Å². The molecule has 35 heavy (non-hydrogen) atoms. The minimum atomic E-state index is -3.78. The number of halogens is 2. The molecule has 7 nitrogen and oxygen atoms in total. The van der Waals surface area contributed by atoms with Gasteiger partial charge >= 0.3 is 0 Å². The number of hydrogen-bond donors (Lipinski definition) is 1. The molecule has 1 amide bonds. The highest BCUT2D eigenvalue weighted by Crippen LogP contribution is 2.39. The maximum atomic E-state index is 15.4. The highest BCUT2D eigenvalue weighted by molar-refractivity contribution is 7.89. The van der Waals surface area contributed by atoms with Crippen molar-refractivity contribution in [2.24, 2.45) is 0 Å². The van der Waals surface area contributed by atoms with Crippen LogP contribution in [-0.4, -0.2) is 44.9 Å². The lowest BCUT2D eigenvalue weighted by atomic mass is 9.72. The van der Waals surface area contributed by atoms with Gasteiger partial charge in [-0.15, -0.1) is 0 Å². The summed E-state index contributed by atoms with van der Waals surface area (Å²) in [7, 11) is -3.78. The number of nitrogens with one attached hydrogen (secondary N) is 1. The van der Waals surface area contributed by atoms with Crippen molar-refractivity contribution < 1.29 is 26.7 Å². The lowest BCUT2D eigenvalue weighted by Crippen LogP contribution is -2.48. The highest BCUT2D eigenvalue weighted by Gasteiger charge is 2.44. The molecule has 0 unspecified atom stereocenters. The standard InChI is InChI=1S/C25H27F2N3O4S/c26-21-16-20(25(8-13-34-14-9-25)24(31)29-11-10-28)22(27)15-19(21)17-30-12-4-7-23(35(30,32)33)18-5-2-1-3-6-18/h1-3,5-6,15-16,23H,4,7-9,11-14,17H2,(H,29,31)/t23-/m1/s1. The Morgan fingerprint density at radius 2 is 1.89 bits per heavy atom. The van der Waals surface area contributed by atoms with Crippen molar-refractivity contribution >= 4 is 15.9 Å². The fourth-order valence-corrected chi connectivity index (χ4v) is 7.01. The van der Waals surface area contributed by atoms with Crippen LogP contribution in [0.3, 0.4) is 0 Å². The van der Waals surface area contributed by atoms with Crippen LogP contribution in [0.5, 0.6) is 0 Å². The fourth-order valence-electron chi connectivity index (χ4n) is 4.98. The maximum Gasteiger partial charge on any atom is 0.231 e. The SMILES string of the molecule is N#CCNC(=O)C1(c2cc(F)c(CN3CCC[C@H](c4ccccc4)S3(=O)=O)cc2F)CCOCC1. The van der Waals surface area contributed by atoms with Crippen LogP contribution in [0.4, 0.5) is 8.78 Å². The summed E-state index contributed by atoms with van der Waals surface area (Å²) in [4.78, 5) is 12.9. The largest absolute Gasteiger partial charge is 0.381 e. The van der Waals surface area contributed by atoms with Gasteiger partial charge in [0, 0.05) is 37.4 Å². The van der Waals surface area contributed by atoms with Crippen molar-refractivity contribution in [1.29, 1.82) is 5.26 Å². The van der Waals surface area contributed by atoms with Crippen molar-refractivity contribution in [3.8, 4) is 6.07 Å². The second-order valence-corrected chi connectivity index (χ2v) is 11.0. The van der Waals surface area contributed by atoms with Crippen LogP contribution < -0.4 is 5.32 Å². The molecular formula is C25H27F2N3O4S. The molecule has 2 saturated heterocycles. The van der Waals surface area contributed by atoms with Crippen molar-refractivity contribution in [3.05, 3.63) is 70.8 Å². The Balaban J connectivity index is 1.63. The van der Waals surface area contributed by atoms with E-state index < -0.39 is 38.2 Å². The van der Waals surface area contributed by atoms with Crippen molar-refractivity contribution in [1.82, 2.24) is 9.62 Å². The Bertz CT molecular complexity index is 1230. The molecule has 0 spiro atoms. The minimum absolute atomic E-state index is 0.0943.